The molecule has 0 radical (unpaired) electrons. The van der Waals surface area contributed by atoms with E-state index in [0.29, 0.717) is 5.65 Å². The van der Waals surface area contributed by atoms with Crippen LogP contribution in [0, 0.1) is 0 Å². The van der Waals surface area contributed by atoms with Crippen LogP contribution in [0.3, 0.4) is 0 Å². The number of fused-ring (bicyclic) bond motifs is 1. The second kappa shape index (κ2) is 3.38. The largest absolute Gasteiger partial charge is 0.367 e. The zero-order valence-electron chi connectivity index (χ0n) is 8.80. The highest BCUT2D eigenvalue weighted by Gasteiger charge is 2.32. The Labute approximate surface area is 92.0 Å². The molecule has 3 rings (SSSR count). The number of rotatable bonds is 3. The van der Waals surface area contributed by atoms with Crippen molar-refractivity contribution in [3.8, 4) is 0 Å². The fraction of sp³-hybridized carbons (Fsp3) is 0.556. The van der Waals surface area contributed by atoms with Crippen LogP contribution < -0.4 is 11.1 Å². The summed E-state index contributed by atoms with van der Waals surface area (Å²) in [6, 6.07) is 3.67. The summed E-state index contributed by atoms with van der Waals surface area (Å²) in [6.45, 7) is 0.744. The van der Waals surface area contributed by atoms with Gasteiger partial charge >= 0.3 is 0 Å². The van der Waals surface area contributed by atoms with Crippen molar-refractivity contribution in [3.63, 3.8) is 0 Å². The van der Waals surface area contributed by atoms with E-state index in [9.17, 15) is 0 Å². The predicted molar refractivity (Wildman–Crippen MR) is 57.8 cm³/mol. The lowest BCUT2D eigenvalue weighted by Crippen LogP contribution is -2.52. The molecule has 2 aromatic rings. The maximum absolute atomic E-state index is 6.11. The molecule has 16 heavy (non-hydrogen) atoms. The molecule has 0 saturated heterocycles. The molecule has 0 atom stereocenters. The van der Waals surface area contributed by atoms with Crippen molar-refractivity contribution >= 4 is 11.5 Å². The number of nitrogens with one attached hydrogen (secondary N) is 1. The number of tetrazole rings is 1. The predicted octanol–water partition coefficient (Wildman–Crippen LogP) is -0.187. The van der Waals surface area contributed by atoms with Gasteiger partial charge in [-0.1, -0.05) is 0 Å². The molecule has 7 heteroatoms. The summed E-state index contributed by atoms with van der Waals surface area (Å²) in [5.74, 6) is 0.747. The highest BCUT2D eigenvalue weighted by atomic mass is 15.6. The average molecular weight is 219 g/mol. The molecule has 0 aromatic carbocycles. The summed E-state index contributed by atoms with van der Waals surface area (Å²) in [4.78, 5) is 0. The Bertz CT molecular complexity index is 501. The van der Waals surface area contributed by atoms with Crippen LogP contribution in [0.1, 0.15) is 19.3 Å². The SMILES string of the molecule is NC1(CNc2ccc3nnnn3n2)CCC1. The second-order valence-corrected chi connectivity index (χ2v) is 4.31. The molecule has 0 spiro atoms. The average Bonchev–Trinajstić information content (AvgIpc) is 2.70. The highest BCUT2D eigenvalue weighted by molar-refractivity contribution is 5.42. The van der Waals surface area contributed by atoms with E-state index < -0.39 is 0 Å². The van der Waals surface area contributed by atoms with Gasteiger partial charge in [0.1, 0.15) is 5.82 Å². The first-order valence-corrected chi connectivity index (χ1v) is 5.33. The van der Waals surface area contributed by atoms with E-state index >= 15 is 0 Å². The minimum Gasteiger partial charge on any atom is -0.367 e. The van der Waals surface area contributed by atoms with Gasteiger partial charge in [0.25, 0.3) is 0 Å². The maximum Gasteiger partial charge on any atom is 0.200 e. The molecular weight excluding hydrogens is 206 g/mol. The number of hydrogen-bond acceptors (Lipinski definition) is 6. The van der Waals surface area contributed by atoms with Crippen LogP contribution in [0.15, 0.2) is 12.1 Å². The fourth-order valence-corrected chi connectivity index (χ4v) is 1.82. The maximum atomic E-state index is 6.11. The molecule has 2 aromatic heterocycles. The Hall–Kier alpha value is -1.76. The lowest BCUT2D eigenvalue weighted by atomic mass is 9.78. The molecule has 0 bridgehead atoms. The third-order valence-corrected chi connectivity index (χ3v) is 3.04. The van der Waals surface area contributed by atoms with E-state index in [2.05, 4.69) is 25.9 Å². The van der Waals surface area contributed by atoms with Crippen LogP contribution in [0.5, 0.6) is 0 Å². The number of aromatic nitrogens is 5. The Morgan fingerprint density at radius 2 is 2.31 bits per heavy atom. The summed E-state index contributed by atoms with van der Waals surface area (Å²) in [5.41, 5.74) is 6.68. The molecule has 1 aliphatic carbocycles. The van der Waals surface area contributed by atoms with Crippen molar-refractivity contribution in [3.05, 3.63) is 12.1 Å². The van der Waals surface area contributed by atoms with Gasteiger partial charge in [-0.25, -0.2) is 0 Å². The Morgan fingerprint density at radius 1 is 1.44 bits per heavy atom. The first kappa shape index (κ1) is 9.46. The van der Waals surface area contributed by atoms with Crippen LogP contribution >= 0.6 is 0 Å². The van der Waals surface area contributed by atoms with E-state index in [-0.39, 0.29) is 5.54 Å². The van der Waals surface area contributed by atoms with Gasteiger partial charge in [-0.05, 0) is 41.8 Å². The molecule has 0 unspecified atom stereocenters. The number of nitrogens with two attached hydrogens (primary N) is 1. The van der Waals surface area contributed by atoms with Gasteiger partial charge in [-0.15, -0.1) is 14.8 Å². The van der Waals surface area contributed by atoms with Crippen LogP contribution in [-0.4, -0.2) is 37.3 Å². The molecule has 1 aliphatic rings. The molecule has 7 nitrogen and oxygen atoms in total. The van der Waals surface area contributed by atoms with Gasteiger partial charge in [-0.2, -0.15) is 0 Å². The monoisotopic (exact) mass is 219 g/mol. The van der Waals surface area contributed by atoms with Crippen LogP contribution in [0.4, 0.5) is 5.82 Å². The van der Waals surface area contributed by atoms with Gasteiger partial charge in [0.15, 0.2) is 5.65 Å². The van der Waals surface area contributed by atoms with Crippen molar-refractivity contribution in [1.29, 1.82) is 0 Å². The number of anilines is 1. The minimum atomic E-state index is -0.0583. The third-order valence-electron chi connectivity index (χ3n) is 3.04. The molecule has 84 valence electrons. The zero-order chi connectivity index (χ0) is 11.0. The standard InChI is InChI=1S/C9H13N7/c10-9(4-1-5-9)6-11-7-2-3-8-12-14-15-16(8)13-7/h2-3H,1,4-6,10H2,(H,11,13). The molecule has 3 N–H and O–H groups in total. The van der Waals surface area contributed by atoms with E-state index in [4.69, 9.17) is 5.73 Å². The summed E-state index contributed by atoms with van der Waals surface area (Å²) >= 11 is 0. The van der Waals surface area contributed by atoms with Gasteiger partial charge in [-0.3, -0.25) is 0 Å². The molecule has 1 saturated carbocycles. The number of hydrogen-bond donors (Lipinski definition) is 2. The Balaban J connectivity index is 1.73. The van der Waals surface area contributed by atoms with Gasteiger partial charge < -0.3 is 11.1 Å². The third kappa shape index (κ3) is 1.58. The molecule has 0 amide bonds. The molecule has 0 aliphatic heterocycles. The zero-order valence-corrected chi connectivity index (χ0v) is 8.80. The molecular formula is C9H13N7. The van der Waals surface area contributed by atoms with Crippen LogP contribution in [0.25, 0.3) is 5.65 Å². The number of nitrogens with zero attached hydrogens (tertiary/aromatic N) is 5. The summed E-state index contributed by atoms with van der Waals surface area (Å²) in [7, 11) is 0. The van der Waals surface area contributed by atoms with Crippen LogP contribution in [-0.2, 0) is 0 Å². The van der Waals surface area contributed by atoms with Gasteiger partial charge in [0.05, 0.1) is 0 Å². The van der Waals surface area contributed by atoms with Crippen molar-refractivity contribution in [2.24, 2.45) is 5.73 Å². The summed E-state index contributed by atoms with van der Waals surface area (Å²) in [5, 5.41) is 18.5. The smallest absolute Gasteiger partial charge is 0.200 e. The van der Waals surface area contributed by atoms with Crippen molar-refractivity contribution in [2.45, 2.75) is 24.8 Å². The fourth-order valence-electron chi connectivity index (χ4n) is 1.82. The molecule has 2 heterocycles. The summed E-state index contributed by atoms with van der Waals surface area (Å²) in [6.07, 6.45) is 3.37. The Morgan fingerprint density at radius 3 is 3.06 bits per heavy atom. The normalized spacial score (nSPS) is 18.3. The second-order valence-electron chi connectivity index (χ2n) is 4.31. The topological polar surface area (TPSA) is 94.0 Å². The first-order valence-electron chi connectivity index (χ1n) is 5.33. The van der Waals surface area contributed by atoms with E-state index in [1.54, 1.807) is 0 Å². The quantitative estimate of drug-likeness (QED) is 0.743. The van der Waals surface area contributed by atoms with Crippen molar-refractivity contribution in [1.82, 2.24) is 25.3 Å². The molecule has 1 fully saturated rings. The minimum absolute atomic E-state index is 0.0583. The summed E-state index contributed by atoms with van der Waals surface area (Å²) < 4.78 is 1.40. The van der Waals surface area contributed by atoms with Crippen molar-refractivity contribution < 1.29 is 0 Å². The lowest BCUT2D eigenvalue weighted by Gasteiger charge is -2.38. The van der Waals surface area contributed by atoms with E-state index in [1.165, 1.54) is 11.1 Å². The van der Waals surface area contributed by atoms with Gasteiger partial charge in [0, 0.05) is 12.1 Å². The Kier molecular flexibility index (Phi) is 2.00. The highest BCUT2D eigenvalue weighted by Crippen LogP contribution is 2.28. The first-order chi connectivity index (χ1) is 7.75. The van der Waals surface area contributed by atoms with E-state index in [0.717, 1.165) is 25.2 Å². The van der Waals surface area contributed by atoms with Gasteiger partial charge in [0.2, 0.25) is 0 Å². The van der Waals surface area contributed by atoms with Crippen LogP contribution in [0.2, 0.25) is 0 Å². The van der Waals surface area contributed by atoms with E-state index in [1.807, 2.05) is 12.1 Å². The van der Waals surface area contributed by atoms with Crippen molar-refractivity contribution in [2.75, 3.05) is 11.9 Å². The lowest BCUT2D eigenvalue weighted by molar-refractivity contribution is 0.265.